The lowest BCUT2D eigenvalue weighted by Crippen LogP contribution is -2.49. The molecule has 1 spiro atoms. The number of allylic oxidation sites excluding steroid dienone is 10. The Morgan fingerprint density at radius 2 is 1.06 bits per heavy atom. The summed E-state index contributed by atoms with van der Waals surface area (Å²) in [5, 5.41) is 0. The molecule has 2 rings (SSSR count). The van der Waals surface area contributed by atoms with E-state index < -0.39 is 5.79 Å². The molecule has 0 saturated carbocycles. The number of carbonyl (C=O) groups excluding carboxylic acids is 1. The zero-order valence-electron chi connectivity index (χ0n) is 36.0. The van der Waals surface area contributed by atoms with Gasteiger partial charge in [0.25, 0.3) is 0 Å². The van der Waals surface area contributed by atoms with Crippen LogP contribution in [0.4, 0.5) is 0 Å². The quantitative estimate of drug-likeness (QED) is 0.0495. The summed E-state index contributed by atoms with van der Waals surface area (Å²) in [4.78, 5) is 17.1. The van der Waals surface area contributed by atoms with Gasteiger partial charge >= 0.3 is 0 Å². The van der Waals surface area contributed by atoms with Crippen molar-refractivity contribution < 1.29 is 14.3 Å². The molecular weight excluding hydrogens is 665 g/mol. The summed E-state index contributed by atoms with van der Waals surface area (Å²) in [6.07, 6.45) is 55.8. The second-order valence-corrected chi connectivity index (χ2v) is 16.6. The number of hydrogen-bond acceptors (Lipinski definition) is 4. The van der Waals surface area contributed by atoms with Gasteiger partial charge in [0.2, 0.25) is 5.91 Å². The Morgan fingerprint density at radius 3 is 1.56 bits per heavy atom. The highest BCUT2D eigenvalue weighted by molar-refractivity contribution is 5.76. The van der Waals surface area contributed by atoms with E-state index in [0.29, 0.717) is 18.9 Å². The molecule has 1 unspecified atom stereocenters. The maximum atomic E-state index is 12.9. The van der Waals surface area contributed by atoms with E-state index in [-0.39, 0.29) is 5.60 Å². The number of rotatable bonds is 33. The largest absolute Gasteiger partial charge is 0.347 e. The topological polar surface area (TPSA) is 42.0 Å². The van der Waals surface area contributed by atoms with Crippen molar-refractivity contribution in [2.24, 2.45) is 0 Å². The molecule has 310 valence electrons. The van der Waals surface area contributed by atoms with Gasteiger partial charge in [-0.05, 0) is 117 Å². The number of carbonyl (C=O) groups is 1. The highest BCUT2D eigenvalue weighted by Crippen LogP contribution is 2.44. The molecule has 5 nitrogen and oxygen atoms in total. The van der Waals surface area contributed by atoms with Crippen LogP contribution in [0.15, 0.2) is 60.8 Å². The van der Waals surface area contributed by atoms with Gasteiger partial charge in [-0.25, -0.2) is 0 Å². The lowest BCUT2D eigenvalue weighted by Gasteiger charge is -2.39. The summed E-state index contributed by atoms with van der Waals surface area (Å²) in [7, 11) is 4.15. The summed E-state index contributed by atoms with van der Waals surface area (Å²) < 4.78 is 13.8. The number of ether oxygens (including phenoxy) is 2. The molecule has 2 aliphatic rings. The molecule has 1 atom stereocenters. The fourth-order valence-corrected chi connectivity index (χ4v) is 7.78. The van der Waals surface area contributed by atoms with Gasteiger partial charge in [-0.3, -0.25) is 4.79 Å². The molecule has 5 heteroatoms. The average molecular weight is 751 g/mol. The van der Waals surface area contributed by atoms with Gasteiger partial charge in [0, 0.05) is 32.4 Å². The van der Waals surface area contributed by atoms with Gasteiger partial charge in [-0.15, -0.1) is 0 Å². The van der Waals surface area contributed by atoms with Crippen molar-refractivity contribution in [2.75, 3.05) is 40.3 Å². The maximum absolute atomic E-state index is 12.9. The van der Waals surface area contributed by atoms with Crippen LogP contribution in [-0.4, -0.2) is 67.4 Å². The lowest BCUT2D eigenvalue weighted by atomic mass is 9.91. The van der Waals surface area contributed by atoms with Crippen LogP contribution in [0.1, 0.15) is 194 Å². The van der Waals surface area contributed by atoms with Crippen LogP contribution in [0.3, 0.4) is 0 Å². The predicted octanol–water partition coefficient (Wildman–Crippen LogP) is 13.6. The zero-order valence-corrected chi connectivity index (χ0v) is 36.0. The summed E-state index contributed by atoms with van der Waals surface area (Å²) in [5.41, 5.74) is -0.214. The van der Waals surface area contributed by atoms with Crippen LogP contribution >= 0.6 is 0 Å². The van der Waals surface area contributed by atoms with Crippen molar-refractivity contribution in [3.05, 3.63) is 60.8 Å². The van der Waals surface area contributed by atoms with Gasteiger partial charge in [0.05, 0.1) is 12.2 Å². The van der Waals surface area contributed by atoms with Crippen LogP contribution < -0.4 is 0 Å². The van der Waals surface area contributed by atoms with Crippen LogP contribution in [0.5, 0.6) is 0 Å². The van der Waals surface area contributed by atoms with Crippen LogP contribution in [0.25, 0.3) is 0 Å². The molecule has 2 saturated heterocycles. The van der Waals surface area contributed by atoms with Crippen molar-refractivity contribution in [3.8, 4) is 0 Å². The molecular formula is C49H86N2O3. The fourth-order valence-electron chi connectivity index (χ4n) is 7.78. The minimum absolute atomic E-state index is 0.214. The molecule has 0 aromatic heterocycles. The first-order chi connectivity index (χ1) is 26.4. The van der Waals surface area contributed by atoms with Crippen LogP contribution in [0.2, 0.25) is 0 Å². The SMILES string of the molecule is CC/C=C\C/C=C\C/C=C\CCCCCCCCC1(CCCCCCCC/C=C\C/C=C\CCCCC)OCC2(CCN(C(=O)CCCN(C)C)CC2)O1. The Labute approximate surface area is 335 Å². The smallest absolute Gasteiger partial charge is 0.222 e. The third-order valence-electron chi connectivity index (χ3n) is 11.2. The molecule has 0 aliphatic carbocycles. The van der Waals surface area contributed by atoms with E-state index in [1.807, 2.05) is 0 Å². The molecule has 1 amide bonds. The minimum atomic E-state index is -0.432. The van der Waals surface area contributed by atoms with Gasteiger partial charge in [0.15, 0.2) is 5.79 Å². The Morgan fingerprint density at radius 1 is 0.593 bits per heavy atom. The Kier molecular flexibility index (Phi) is 28.7. The second-order valence-electron chi connectivity index (χ2n) is 16.6. The molecule has 54 heavy (non-hydrogen) atoms. The molecule has 0 aromatic carbocycles. The monoisotopic (exact) mass is 751 g/mol. The van der Waals surface area contributed by atoms with E-state index in [4.69, 9.17) is 9.47 Å². The zero-order chi connectivity index (χ0) is 38.8. The van der Waals surface area contributed by atoms with Crippen molar-refractivity contribution in [1.82, 2.24) is 9.80 Å². The molecule has 0 radical (unpaired) electrons. The summed E-state index contributed by atoms with van der Waals surface area (Å²) >= 11 is 0. The number of piperidine rings is 1. The first-order valence-electron chi connectivity index (χ1n) is 23.0. The van der Waals surface area contributed by atoms with E-state index in [1.165, 1.54) is 116 Å². The van der Waals surface area contributed by atoms with Crippen LogP contribution in [0, 0.1) is 0 Å². The van der Waals surface area contributed by atoms with Gasteiger partial charge in [-0.1, -0.05) is 139 Å². The highest BCUT2D eigenvalue weighted by atomic mass is 16.8. The lowest BCUT2D eigenvalue weighted by molar-refractivity contribution is -0.204. The van der Waals surface area contributed by atoms with Crippen molar-refractivity contribution in [1.29, 1.82) is 0 Å². The van der Waals surface area contributed by atoms with Crippen molar-refractivity contribution in [3.63, 3.8) is 0 Å². The van der Waals surface area contributed by atoms with Gasteiger partial charge in [-0.2, -0.15) is 0 Å². The van der Waals surface area contributed by atoms with E-state index in [1.54, 1.807) is 0 Å². The average Bonchev–Trinajstić information content (AvgIpc) is 3.51. The van der Waals surface area contributed by atoms with E-state index in [0.717, 1.165) is 77.4 Å². The molecule has 0 N–H and O–H groups in total. The van der Waals surface area contributed by atoms with Crippen molar-refractivity contribution >= 4 is 5.91 Å². The number of unbranched alkanes of at least 4 members (excludes halogenated alkanes) is 15. The third kappa shape index (κ3) is 23.9. The number of likely N-dealkylation sites (tertiary alicyclic amines) is 1. The minimum Gasteiger partial charge on any atom is -0.347 e. The summed E-state index contributed by atoms with van der Waals surface area (Å²) in [6, 6.07) is 0. The predicted molar refractivity (Wildman–Crippen MR) is 234 cm³/mol. The van der Waals surface area contributed by atoms with E-state index in [2.05, 4.69) is 98.5 Å². The maximum Gasteiger partial charge on any atom is 0.222 e. The molecule has 2 fully saturated rings. The fraction of sp³-hybridized carbons (Fsp3) is 0.776. The first-order valence-corrected chi connectivity index (χ1v) is 23.0. The Hall–Kier alpha value is -1.95. The number of nitrogens with zero attached hydrogens (tertiary/aromatic N) is 2. The molecule has 0 bridgehead atoms. The van der Waals surface area contributed by atoms with E-state index >= 15 is 0 Å². The Bertz CT molecular complexity index is 1050. The summed E-state index contributed by atoms with van der Waals surface area (Å²) in [5.74, 6) is -0.129. The third-order valence-corrected chi connectivity index (χ3v) is 11.2. The van der Waals surface area contributed by atoms with E-state index in [9.17, 15) is 4.79 Å². The highest BCUT2D eigenvalue weighted by Gasteiger charge is 2.51. The van der Waals surface area contributed by atoms with Gasteiger partial charge < -0.3 is 19.3 Å². The standard InChI is InChI=1S/C49H86N2O3/c1-5-7-9-11-13-15-17-19-21-23-25-27-29-31-33-35-39-49(40-36-34-32-30-28-26-24-22-20-18-16-14-12-10-8-6-2)53-46-48(54-49)41-44-51(45-42-48)47(52)38-37-43-50(3)4/h7,9,13-16,19-22H,5-6,8,10-12,17-18,23-46H2,1-4H3/b9-7-,15-13-,16-14-,21-19-,22-20-. The van der Waals surface area contributed by atoms with Crippen LogP contribution in [-0.2, 0) is 14.3 Å². The number of hydrogen-bond donors (Lipinski definition) is 0. The summed E-state index contributed by atoms with van der Waals surface area (Å²) in [6.45, 7) is 7.70. The Balaban J connectivity index is 1.69. The molecule has 2 aliphatic heterocycles. The normalized spacial score (nSPS) is 19.2. The second kappa shape index (κ2) is 32.2. The number of amides is 1. The molecule has 2 heterocycles. The van der Waals surface area contributed by atoms with Gasteiger partial charge in [0.1, 0.15) is 0 Å². The van der Waals surface area contributed by atoms with Crippen molar-refractivity contribution in [2.45, 2.75) is 205 Å². The first kappa shape index (κ1) is 48.2. The molecule has 0 aromatic rings.